The van der Waals surface area contributed by atoms with Crippen molar-refractivity contribution < 1.29 is 23.6 Å². The number of rotatable bonds is 7. The third-order valence-electron chi connectivity index (χ3n) is 4.36. The summed E-state index contributed by atoms with van der Waals surface area (Å²) in [4.78, 5) is 33.3. The van der Waals surface area contributed by atoms with Crippen LogP contribution < -0.4 is 10.8 Å². The van der Waals surface area contributed by atoms with Gasteiger partial charge in [0.25, 0.3) is 5.91 Å². The van der Waals surface area contributed by atoms with E-state index in [0.29, 0.717) is 16.6 Å². The number of nitrogens with one attached hydrogen (secondary N) is 2. The van der Waals surface area contributed by atoms with Crippen LogP contribution in [0.2, 0.25) is 0 Å². The summed E-state index contributed by atoms with van der Waals surface area (Å²) in [6.07, 6.45) is 2.85. The smallest absolute Gasteiger partial charge is 0.340 e. The number of hydroxylamine groups is 1. The van der Waals surface area contributed by atoms with Crippen LogP contribution in [-0.2, 0) is 9.57 Å². The average Bonchev–Trinajstić information content (AvgIpc) is 3.11. The first-order valence-corrected chi connectivity index (χ1v) is 9.30. The molecule has 2 heterocycles. The zero-order chi connectivity index (χ0) is 21.8. The fourth-order valence-electron chi connectivity index (χ4n) is 3.12. The van der Waals surface area contributed by atoms with Gasteiger partial charge in [-0.2, -0.15) is 5.10 Å². The van der Waals surface area contributed by atoms with Crippen LogP contribution in [0.5, 0.6) is 0 Å². The summed E-state index contributed by atoms with van der Waals surface area (Å²) in [6, 6.07) is 3.84. The molecule has 0 saturated carbocycles. The Morgan fingerprint density at radius 2 is 2.07 bits per heavy atom. The summed E-state index contributed by atoms with van der Waals surface area (Å²) in [7, 11) is 1.30. The molecule has 1 amide bonds. The Balaban J connectivity index is 2.10. The van der Waals surface area contributed by atoms with Crippen LogP contribution in [0.1, 0.15) is 53.0 Å². The number of ether oxygens (including phenoxy) is 1. The van der Waals surface area contributed by atoms with Gasteiger partial charge in [-0.3, -0.25) is 9.63 Å². The monoisotopic (exact) mass is 415 g/mol. The van der Waals surface area contributed by atoms with Gasteiger partial charge in [0, 0.05) is 17.3 Å². The number of carbonyl (C=O) groups excluding carboxylic acids is 2. The SMILES string of the molecule is CCOC(=O)c1cn2ncnc(Nc3cc(C(=O)NOC)ccc3F)c2c1C(C)C. The van der Waals surface area contributed by atoms with E-state index < -0.39 is 17.7 Å². The van der Waals surface area contributed by atoms with Gasteiger partial charge < -0.3 is 10.1 Å². The molecule has 0 aliphatic rings. The van der Waals surface area contributed by atoms with E-state index in [1.54, 1.807) is 13.1 Å². The molecule has 158 valence electrons. The van der Waals surface area contributed by atoms with Crippen molar-refractivity contribution in [3.63, 3.8) is 0 Å². The van der Waals surface area contributed by atoms with Crippen molar-refractivity contribution in [1.82, 2.24) is 20.1 Å². The van der Waals surface area contributed by atoms with Crippen LogP contribution in [0.3, 0.4) is 0 Å². The maximum absolute atomic E-state index is 14.4. The molecule has 0 fully saturated rings. The highest BCUT2D eigenvalue weighted by atomic mass is 19.1. The third-order valence-corrected chi connectivity index (χ3v) is 4.36. The fraction of sp³-hybridized carbons (Fsp3) is 0.300. The number of amides is 1. The molecule has 3 rings (SSSR count). The number of carbonyl (C=O) groups is 2. The maximum atomic E-state index is 14.4. The van der Waals surface area contributed by atoms with Gasteiger partial charge in [0.15, 0.2) is 5.82 Å². The highest BCUT2D eigenvalue weighted by Gasteiger charge is 2.24. The first-order chi connectivity index (χ1) is 14.4. The third kappa shape index (κ3) is 4.08. The largest absolute Gasteiger partial charge is 0.462 e. The molecule has 0 saturated heterocycles. The molecule has 9 nitrogen and oxygen atoms in total. The molecule has 2 N–H and O–H groups in total. The van der Waals surface area contributed by atoms with Crippen molar-refractivity contribution in [2.24, 2.45) is 0 Å². The van der Waals surface area contributed by atoms with E-state index in [-0.39, 0.29) is 29.6 Å². The van der Waals surface area contributed by atoms with Crippen molar-refractivity contribution in [3.8, 4) is 0 Å². The van der Waals surface area contributed by atoms with Crippen LogP contribution in [0, 0.1) is 5.82 Å². The molecule has 0 atom stereocenters. The topological polar surface area (TPSA) is 107 Å². The summed E-state index contributed by atoms with van der Waals surface area (Å²) in [6.45, 7) is 5.81. The Bertz CT molecular complexity index is 1100. The normalized spacial score (nSPS) is 11.0. The second-order valence-electron chi connectivity index (χ2n) is 6.69. The van der Waals surface area contributed by atoms with E-state index in [2.05, 4.69) is 25.7 Å². The number of esters is 1. The Labute approximate surface area is 172 Å². The number of hydrogen-bond donors (Lipinski definition) is 2. The minimum absolute atomic E-state index is 0.0351. The average molecular weight is 415 g/mol. The quantitative estimate of drug-likeness (QED) is 0.451. The molecule has 1 aromatic carbocycles. The molecule has 0 aliphatic heterocycles. The lowest BCUT2D eigenvalue weighted by Crippen LogP contribution is -2.21. The molecule has 0 unspecified atom stereocenters. The van der Waals surface area contributed by atoms with Gasteiger partial charge in [-0.1, -0.05) is 13.8 Å². The van der Waals surface area contributed by atoms with Gasteiger partial charge in [0.1, 0.15) is 17.7 Å². The van der Waals surface area contributed by atoms with Gasteiger partial charge >= 0.3 is 5.97 Å². The highest BCUT2D eigenvalue weighted by molar-refractivity contribution is 5.97. The zero-order valence-electron chi connectivity index (χ0n) is 17.0. The van der Waals surface area contributed by atoms with E-state index in [9.17, 15) is 14.0 Å². The van der Waals surface area contributed by atoms with E-state index in [0.717, 1.165) is 6.07 Å². The van der Waals surface area contributed by atoms with E-state index in [4.69, 9.17) is 4.74 Å². The second kappa shape index (κ2) is 8.87. The number of hydrogen-bond acceptors (Lipinski definition) is 7. The van der Waals surface area contributed by atoms with Crippen LogP contribution in [-0.4, -0.2) is 40.2 Å². The predicted molar refractivity (Wildman–Crippen MR) is 107 cm³/mol. The standard InChI is InChI=1S/C20H22FN5O4/c1-5-30-20(28)13-9-26-17(16(13)11(2)3)18(22-10-23-26)24-15-8-12(6-7-14(15)21)19(27)25-29-4/h6-11H,5H2,1-4H3,(H,25,27)(H,22,23,24). The van der Waals surface area contributed by atoms with Crippen LogP contribution in [0.15, 0.2) is 30.7 Å². The van der Waals surface area contributed by atoms with Crippen molar-refractivity contribution in [2.45, 2.75) is 26.7 Å². The van der Waals surface area contributed by atoms with Crippen molar-refractivity contribution in [3.05, 3.63) is 53.2 Å². The molecule has 30 heavy (non-hydrogen) atoms. The fourth-order valence-corrected chi connectivity index (χ4v) is 3.12. The lowest BCUT2D eigenvalue weighted by atomic mass is 10.00. The first kappa shape index (κ1) is 21.2. The van der Waals surface area contributed by atoms with Gasteiger partial charge in [-0.15, -0.1) is 0 Å². The molecular formula is C20H22FN5O4. The summed E-state index contributed by atoms with van der Waals surface area (Å²) in [5.41, 5.74) is 3.96. The van der Waals surface area contributed by atoms with Crippen LogP contribution >= 0.6 is 0 Å². The van der Waals surface area contributed by atoms with Crippen molar-refractivity contribution >= 4 is 28.9 Å². The lowest BCUT2D eigenvalue weighted by molar-refractivity contribution is 0.0522. The van der Waals surface area contributed by atoms with Gasteiger partial charge in [0.05, 0.1) is 25.0 Å². The number of aromatic nitrogens is 3. The van der Waals surface area contributed by atoms with Crippen LogP contribution in [0.25, 0.3) is 5.52 Å². The minimum atomic E-state index is -0.580. The maximum Gasteiger partial charge on any atom is 0.340 e. The van der Waals surface area contributed by atoms with Gasteiger partial charge in [-0.05, 0) is 31.0 Å². The second-order valence-corrected chi connectivity index (χ2v) is 6.69. The number of anilines is 2. The van der Waals surface area contributed by atoms with Crippen molar-refractivity contribution in [1.29, 1.82) is 0 Å². The number of fused-ring (bicyclic) bond motifs is 1. The number of nitrogens with zero attached hydrogens (tertiary/aromatic N) is 3. The molecule has 0 aliphatic carbocycles. The molecule has 10 heteroatoms. The minimum Gasteiger partial charge on any atom is -0.462 e. The highest BCUT2D eigenvalue weighted by Crippen LogP contribution is 2.32. The first-order valence-electron chi connectivity index (χ1n) is 9.30. The predicted octanol–water partition coefficient (Wildman–Crippen LogP) is 3.20. The molecule has 3 aromatic rings. The zero-order valence-corrected chi connectivity index (χ0v) is 17.0. The summed E-state index contributed by atoms with van der Waals surface area (Å²) >= 11 is 0. The molecule has 0 spiro atoms. The number of benzene rings is 1. The van der Waals surface area contributed by atoms with Gasteiger partial charge in [0.2, 0.25) is 0 Å². The molecule has 0 bridgehead atoms. The summed E-state index contributed by atoms with van der Waals surface area (Å²) in [5.74, 6) is -1.35. The van der Waals surface area contributed by atoms with E-state index in [1.807, 2.05) is 13.8 Å². The van der Waals surface area contributed by atoms with E-state index in [1.165, 1.54) is 30.1 Å². The Morgan fingerprint density at radius 3 is 2.73 bits per heavy atom. The van der Waals surface area contributed by atoms with Crippen molar-refractivity contribution in [2.75, 3.05) is 19.0 Å². The van der Waals surface area contributed by atoms with E-state index >= 15 is 0 Å². The van der Waals surface area contributed by atoms with Gasteiger partial charge in [-0.25, -0.2) is 24.2 Å². The Morgan fingerprint density at radius 1 is 1.30 bits per heavy atom. The Kier molecular flexibility index (Phi) is 6.26. The molecule has 2 aromatic heterocycles. The number of halogens is 1. The Hall–Kier alpha value is -3.53. The lowest BCUT2D eigenvalue weighted by Gasteiger charge is -2.13. The summed E-state index contributed by atoms with van der Waals surface area (Å²) < 4.78 is 21.1. The molecule has 0 radical (unpaired) electrons. The molecular weight excluding hydrogens is 393 g/mol. The van der Waals surface area contributed by atoms with Crippen LogP contribution in [0.4, 0.5) is 15.9 Å². The summed E-state index contributed by atoms with van der Waals surface area (Å²) in [5, 5.41) is 7.08.